The Labute approximate surface area is 137 Å². The first kappa shape index (κ1) is 16.3. The Morgan fingerprint density at radius 2 is 1.86 bits per heavy atom. The van der Waals surface area contributed by atoms with E-state index in [-0.39, 0.29) is 24.3 Å². The summed E-state index contributed by atoms with van der Waals surface area (Å²) < 4.78 is 10.5. The summed E-state index contributed by atoms with van der Waals surface area (Å²) in [6.45, 7) is 3.46. The van der Waals surface area contributed by atoms with E-state index in [1.54, 1.807) is 11.0 Å². The van der Waals surface area contributed by atoms with E-state index in [1.807, 2.05) is 44.2 Å². The molecule has 0 saturated heterocycles. The summed E-state index contributed by atoms with van der Waals surface area (Å²) in [4.78, 5) is 25.7. The van der Waals surface area contributed by atoms with Crippen molar-refractivity contribution in [2.24, 2.45) is 0 Å². The van der Waals surface area contributed by atoms with Crippen LogP contribution in [0.15, 0.2) is 51.6 Å². The van der Waals surface area contributed by atoms with E-state index in [0.29, 0.717) is 4.67 Å². The average Bonchev–Trinajstić information content (AvgIpc) is 2.92. The van der Waals surface area contributed by atoms with Gasteiger partial charge in [0.25, 0.3) is 5.91 Å². The Balaban J connectivity index is 2.02. The molecule has 0 aliphatic carbocycles. The zero-order valence-electron chi connectivity index (χ0n) is 12.3. The third-order valence-corrected chi connectivity index (χ3v) is 3.35. The maximum atomic E-state index is 12.3. The molecule has 0 aliphatic rings. The summed E-state index contributed by atoms with van der Waals surface area (Å²) in [5, 5.41) is 0. The van der Waals surface area contributed by atoms with Gasteiger partial charge in [0.2, 0.25) is 5.76 Å². The number of carbonyl (C=O) groups excluding carboxylic acids is 2. The molecule has 0 fully saturated rings. The summed E-state index contributed by atoms with van der Waals surface area (Å²) in [5.74, 6) is -0.911. The van der Waals surface area contributed by atoms with E-state index in [0.717, 1.165) is 5.69 Å². The van der Waals surface area contributed by atoms with Crippen LogP contribution in [0.5, 0.6) is 0 Å². The molecule has 0 N–H and O–H groups in total. The monoisotopic (exact) mass is 365 g/mol. The summed E-state index contributed by atoms with van der Waals surface area (Å²) in [6.07, 6.45) is 0. The first-order valence-electron chi connectivity index (χ1n) is 6.78. The van der Waals surface area contributed by atoms with E-state index in [4.69, 9.17) is 9.15 Å². The second-order valence-corrected chi connectivity index (χ2v) is 5.65. The predicted molar refractivity (Wildman–Crippen MR) is 85.8 cm³/mol. The molecule has 0 aliphatic heterocycles. The molecule has 0 bridgehead atoms. The Hall–Kier alpha value is -2.08. The molecule has 0 atom stereocenters. The number of halogens is 1. The zero-order valence-corrected chi connectivity index (χ0v) is 13.9. The van der Waals surface area contributed by atoms with Crippen molar-refractivity contribution in [3.8, 4) is 0 Å². The molecule has 2 rings (SSSR count). The molecule has 1 aromatic heterocycles. The summed E-state index contributed by atoms with van der Waals surface area (Å²) in [6, 6.07) is 12.3. The fourth-order valence-electron chi connectivity index (χ4n) is 2.01. The van der Waals surface area contributed by atoms with Crippen LogP contribution in [0.25, 0.3) is 0 Å². The Bertz CT molecular complexity index is 651. The van der Waals surface area contributed by atoms with Gasteiger partial charge in [-0.3, -0.25) is 4.79 Å². The number of ether oxygens (including phenoxy) is 1. The van der Waals surface area contributed by atoms with Crippen molar-refractivity contribution in [1.29, 1.82) is 0 Å². The van der Waals surface area contributed by atoms with Crippen LogP contribution < -0.4 is 4.90 Å². The molecular formula is C16H16BrNO4. The highest BCUT2D eigenvalue weighted by molar-refractivity contribution is 9.10. The van der Waals surface area contributed by atoms with Crippen molar-refractivity contribution < 1.29 is 18.7 Å². The molecule has 1 amide bonds. The molecule has 0 radical (unpaired) electrons. The number of amides is 1. The molecule has 116 valence electrons. The SMILES string of the molecule is CC(C)N(C(=O)COC(=O)c1ccc(Br)o1)c1ccccc1. The van der Waals surface area contributed by atoms with Gasteiger partial charge in [0.1, 0.15) is 0 Å². The molecule has 1 aromatic carbocycles. The van der Waals surface area contributed by atoms with Crippen LogP contribution in [0.4, 0.5) is 5.69 Å². The van der Waals surface area contributed by atoms with E-state index < -0.39 is 5.97 Å². The number of rotatable bonds is 5. The Morgan fingerprint density at radius 3 is 2.41 bits per heavy atom. The van der Waals surface area contributed by atoms with Gasteiger partial charge in [0.05, 0.1) is 0 Å². The molecule has 6 heteroatoms. The third kappa shape index (κ3) is 3.98. The lowest BCUT2D eigenvalue weighted by Crippen LogP contribution is -2.39. The minimum absolute atomic E-state index is 0.0497. The number of benzene rings is 1. The van der Waals surface area contributed by atoms with Gasteiger partial charge < -0.3 is 14.1 Å². The lowest BCUT2D eigenvalue weighted by Gasteiger charge is -2.26. The van der Waals surface area contributed by atoms with Crippen molar-refractivity contribution in [3.63, 3.8) is 0 Å². The van der Waals surface area contributed by atoms with Crippen molar-refractivity contribution in [3.05, 3.63) is 52.9 Å². The molecule has 5 nitrogen and oxygen atoms in total. The van der Waals surface area contributed by atoms with E-state index in [2.05, 4.69) is 15.9 Å². The smallest absolute Gasteiger partial charge is 0.374 e. The van der Waals surface area contributed by atoms with Crippen LogP contribution in [-0.2, 0) is 9.53 Å². The minimum atomic E-state index is -0.671. The number of carbonyl (C=O) groups is 2. The topological polar surface area (TPSA) is 59.8 Å². The largest absolute Gasteiger partial charge is 0.450 e. The van der Waals surface area contributed by atoms with Crippen molar-refractivity contribution in [2.45, 2.75) is 19.9 Å². The average molecular weight is 366 g/mol. The lowest BCUT2D eigenvalue weighted by molar-refractivity contribution is -0.122. The summed E-state index contributed by atoms with van der Waals surface area (Å²) in [7, 11) is 0. The third-order valence-electron chi connectivity index (χ3n) is 2.92. The van der Waals surface area contributed by atoms with E-state index >= 15 is 0 Å². The standard InChI is InChI=1S/C16H16BrNO4/c1-11(2)18(12-6-4-3-5-7-12)15(19)10-21-16(20)13-8-9-14(17)22-13/h3-9,11H,10H2,1-2H3. The number of esters is 1. The highest BCUT2D eigenvalue weighted by atomic mass is 79.9. The first-order valence-corrected chi connectivity index (χ1v) is 7.58. The van der Waals surface area contributed by atoms with Crippen LogP contribution in [0, 0.1) is 0 Å². The van der Waals surface area contributed by atoms with Crippen LogP contribution >= 0.6 is 15.9 Å². The minimum Gasteiger partial charge on any atom is -0.450 e. The van der Waals surface area contributed by atoms with Gasteiger partial charge in [0.15, 0.2) is 11.3 Å². The van der Waals surface area contributed by atoms with Gasteiger partial charge >= 0.3 is 5.97 Å². The maximum Gasteiger partial charge on any atom is 0.374 e. The van der Waals surface area contributed by atoms with Gasteiger partial charge in [-0.1, -0.05) is 18.2 Å². The molecular weight excluding hydrogens is 350 g/mol. The summed E-state index contributed by atoms with van der Waals surface area (Å²) >= 11 is 3.10. The Morgan fingerprint density at radius 1 is 1.18 bits per heavy atom. The number of hydrogen-bond acceptors (Lipinski definition) is 4. The predicted octanol–water partition coefficient (Wildman–Crippen LogP) is 3.64. The number of hydrogen-bond donors (Lipinski definition) is 0. The fraction of sp³-hybridized carbons (Fsp3) is 0.250. The Kier molecular flexibility index (Phi) is 5.38. The number of nitrogens with zero attached hydrogens (tertiary/aromatic N) is 1. The van der Waals surface area contributed by atoms with Gasteiger partial charge in [-0.2, -0.15) is 0 Å². The fourth-order valence-corrected chi connectivity index (χ4v) is 2.32. The molecule has 0 spiro atoms. The van der Waals surface area contributed by atoms with Gasteiger partial charge in [-0.05, 0) is 54.0 Å². The van der Waals surface area contributed by atoms with Gasteiger partial charge in [0, 0.05) is 11.7 Å². The van der Waals surface area contributed by atoms with E-state index in [1.165, 1.54) is 6.07 Å². The second kappa shape index (κ2) is 7.26. The number of para-hydroxylation sites is 1. The zero-order chi connectivity index (χ0) is 16.1. The molecule has 1 heterocycles. The normalized spacial score (nSPS) is 10.5. The number of anilines is 1. The van der Waals surface area contributed by atoms with Crippen molar-refractivity contribution in [2.75, 3.05) is 11.5 Å². The van der Waals surface area contributed by atoms with Gasteiger partial charge in [-0.25, -0.2) is 4.79 Å². The second-order valence-electron chi connectivity index (χ2n) is 4.87. The lowest BCUT2D eigenvalue weighted by atomic mass is 10.2. The molecule has 22 heavy (non-hydrogen) atoms. The maximum absolute atomic E-state index is 12.3. The highest BCUT2D eigenvalue weighted by Gasteiger charge is 2.21. The molecule has 0 unspecified atom stereocenters. The van der Waals surface area contributed by atoms with Crippen LogP contribution in [-0.4, -0.2) is 24.5 Å². The summed E-state index contributed by atoms with van der Waals surface area (Å²) in [5.41, 5.74) is 0.763. The van der Waals surface area contributed by atoms with Crippen molar-refractivity contribution in [1.82, 2.24) is 0 Å². The number of furan rings is 1. The highest BCUT2D eigenvalue weighted by Crippen LogP contribution is 2.18. The van der Waals surface area contributed by atoms with Crippen LogP contribution in [0.2, 0.25) is 0 Å². The quantitative estimate of drug-likeness (QED) is 0.758. The van der Waals surface area contributed by atoms with E-state index in [9.17, 15) is 9.59 Å². The molecule has 2 aromatic rings. The first-order chi connectivity index (χ1) is 10.5. The van der Waals surface area contributed by atoms with Crippen LogP contribution in [0.1, 0.15) is 24.4 Å². The molecule has 0 saturated carbocycles. The van der Waals surface area contributed by atoms with Gasteiger partial charge in [-0.15, -0.1) is 0 Å². The van der Waals surface area contributed by atoms with Crippen molar-refractivity contribution >= 4 is 33.5 Å². The van der Waals surface area contributed by atoms with Crippen LogP contribution in [0.3, 0.4) is 0 Å².